The van der Waals surface area contributed by atoms with E-state index in [1.165, 1.54) is 12.1 Å². The van der Waals surface area contributed by atoms with Gasteiger partial charge in [-0.15, -0.1) is 0 Å². The number of aliphatic hydroxyl groups is 1. The summed E-state index contributed by atoms with van der Waals surface area (Å²) < 4.78 is 18.2. The first-order chi connectivity index (χ1) is 13.5. The molecule has 0 saturated carbocycles. The summed E-state index contributed by atoms with van der Waals surface area (Å²) in [4.78, 5) is 9.13. The van der Waals surface area contributed by atoms with Gasteiger partial charge in [0.05, 0.1) is 18.3 Å². The van der Waals surface area contributed by atoms with Crippen LogP contribution >= 0.6 is 0 Å². The Hall–Kier alpha value is -2.45. The molecule has 7 nitrogen and oxygen atoms in total. The second kappa shape index (κ2) is 9.66. The number of nitrogens with zero attached hydrogens (tertiary/aromatic N) is 4. The highest BCUT2D eigenvalue weighted by molar-refractivity contribution is 5.80. The molecule has 1 atom stereocenters. The standard InChI is InChI=1S/C20H28FN5O2/c1-3-22-20(23-13-19(27)16-4-6-17(21)7-5-16)26-10-8-25(9-11-26)14-18-12-15(2)28-24-18/h4-7,12,19,27H,3,8-11,13-14H2,1-2H3,(H,22,23). The zero-order chi connectivity index (χ0) is 19.9. The van der Waals surface area contributed by atoms with Crippen molar-refractivity contribution in [2.24, 2.45) is 4.99 Å². The highest BCUT2D eigenvalue weighted by atomic mass is 19.1. The lowest BCUT2D eigenvalue weighted by atomic mass is 10.1. The maximum absolute atomic E-state index is 13.0. The molecule has 0 radical (unpaired) electrons. The van der Waals surface area contributed by atoms with Crippen LogP contribution in [-0.2, 0) is 6.54 Å². The van der Waals surface area contributed by atoms with Crippen LogP contribution in [0.2, 0.25) is 0 Å². The third kappa shape index (κ3) is 5.53. The van der Waals surface area contributed by atoms with Crippen molar-refractivity contribution in [3.63, 3.8) is 0 Å². The van der Waals surface area contributed by atoms with Gasteiger partial charge in [0.1, 0.15) is 11.6 Å². The van der Waals surface area contributed by atoms with E-state index in [0.29, 0.717) is 5.56 Å². The van der Waals surface area contributed by atoms with E-state index in [2.05, 4.69) is 25.3 Å². The van der Waals surface area contributed by atoms with Crippen LogP contribution in [0.5, 0.6) is 0 Å². The number of piperazine rings is 1. The number of aliphatic imine (C=N–C) groups is 1. The van der Waals surface area contributed by atoms with E-state index in [1.54, 1.807) is 12.1 Å². The lowest BCUT2D eigenvalue weighted by Gasteiger charge is -2.36. The molecule has 3 rings (SSSR count). The molecule has 1 aromatic carbocycles. The largest absolute Gasteiger partial charge is 0.386 e. The Labute approximate surface area is 164 Å². The van der Waals surface area contributed by atoms with Gasteiger partial charge in [0.15, 0.2) is 5.96 Å². The molecule has 1 saturated heterocycles. The first kappa shape index (κ1) is 20.3. The van der Waals surface area contributed by atoms with Gasteiger partial charge in [0.2, 0.25) is 0 Å². The van der Waals surface area contributed by atoms with Crippen molar-refractivity contribution in [2.45, 2.75) is 26.5 Å². The van der Waals surface area contributed by atoms with Gasteiger partial charge < -0.3 is 19.8 Å². The molecule has 1 aromatic heterocycles. The van der Waals surface area contributed by atoms with Gasteiger partial charge in [-0.05, 0) is 31.5 Å². The number of guanidine groups is 1. The number of aryl methyl sites for hydroxylation is 1. The molecule has 0 amide bonds. The second-order valence-corrected chi connectivity index (χ2v) is 6.95. The summed E-state index contributed by atoms with van der Waals surface area (Å²) in [6, 6.07) is 7.85. The van der Waals surface area contributed by atoms with Crippen molar-refractivity contribution in [2.75, 3.05) is 39.3 Å². The van der Waals surface area contributed by atoms with Gasteiger partial charge in [0, 0.05) is 45.3 Å². The molecule has 0 aliphatic carbocycles. The summed E-state index contributed by atoms with van der Waals surface area (Å²) in [5, 5.41) is 17.7. The number of halogens is 1. The molecule has 1 aliphatic rings. The second-order valence-electron chi connectivity index (χ2n) is 6.95. The van der Waals surface area contributed by atoms with E-state index in [0.717, 1.165) is 56.7 Å². The molecular weight excluding hydrogens is 361 g/mol. The summed E-state index contributed by atoms with van der Waals surface area (Å²) in [6.07, 6.45) is -0.758. The fourth-order valence-electron chi connectivity index (χ4n) is 3.23. The molecule has 1 aliphatic heterocycles. The van der Waals surface area contributed by atoms with Crippen LogP contribution in [0.4, 0.5) is 4.39 Å². The van der Waals surface area contributed by atoms with Crippen molar-refractivity contribution in [1.29, 1.82) is 0 Å². The van der Waals surface area contributed by atoms with E-state index in [4.69, 9.17) is 4.52 Å². The monoisotopic (exact) mass is 389 g/mol. The van der Waals surface area contributed by atoms with Gasteiger partial charge in [-0.3, -0.25) is 9.89 Å². The maximum atomic E-state index is 13.0. The van der Waals surface area contributed by atoms with Gasteiger partial charge in [0.25, 0.3) is 0 Å². The maximum Gasteiger partial charge on any atom is 0.194 e. The average Bonchev–Trinajstić information content (AvgIpc) is 3.11. The molecule has 2 N–H and O–H groups in total. The number of benzene rings is 1. The van der Waals surface area contributed by atoms with Gasteiger partial charge in [-0.1, -0.05) is 17.3 Å². The van der Waals surface area contributed by atoms with Crippen LogP contribution in [0.15, 0.2) is 39.8 Å². The number of hydrogen-bond donors (Lipinski definition) is 2. The summed E-state index contributed by atoms with van der Waals surface area (Å²) in [5.74, 6) is 1.31. The summed E-state index contributed by atoms with van der Waals surface area (Å²) in [7, 11) is 0. The van der Waals surface area contributed by atoms with Crippen molar-refractivity contribution in [3.05, 3.63) is 53.2 Å². The first-order valence-electron chi connectivity index (χ1n) is 9.66. The Morgan fingerprint density at radius 3 is 2.61 bits per heavy atom. The van der Waals surface area contributed by atoms with E-state index in [-0.39, 0.29) is 12.4 Å². The molecule has 152 valence electrons. The number of aromatic nitrogens is 1. The number of nitrogens with one attached hydrogen (secondary N) is 1. The Kier molecular flexibility index (Phi) is 7.00. The summed E-state index contributed by atoms with van der Waals surface area (Å²) in [6.45, 7) is 9.17. The molecule has 1 fully saturated rings. The quantitative estimate of drug-likeness (QED) is 0.581. The SMILES string of the molecule is CCNC(=NCC(O)c1ccc(F)cc1)N1CCN(Cc2cc(C)on2)CC1. The normalized spacial score (nSPS) is 17.0. The summed E-state index contributed by atoms with van der Waals surface area (Å²) >= 11 is 0. The van der Waals surface area contributed by atoms with Crippen LogP contribution in [-0.4, -0.2) is 65.3 Å². The molecule has 2 aromatic rings. The molecule has 0 bridgehead atoms. The number of rotatable bonds is 6. The minimum absolute atomic E-state index is 0.229. The number of hydrogen-bond acceptors (Lipinski definition) is 5. The molecule has 8 heteroatoms. The van der Waals surface area contributed by atoms with Gasteiger partial charge in [-0.25, -0.2) is 4.39 Å². The average molecular weight is 389 g/mol. The highest BCUT2D eigenvalue weighted by Crippen LogP contribution is 2.14. The van der Waals surface area contributed by atoms with Crippen LogP contribution in [0, 0.1) is 12.7 Å². The Morgan fingerprint density at radius 2 is 2.00 bits per heavy atom. The third-order valence-corrected chi connectivity index (χ3v) is 4.74. The van der Waals surface area contributed by atoms with Crippen molar-refractivity contribution in [3.8, 4) is 0 Å². The van der Waals surface area contributed by atoms with Crippen molar-refractivity contribution < 1.29 is 14.0 Å². The Morgan fingerprint density at radius 1 is 1.29 bits per heavy atom. The van der Waals surface area contributed by atoms with Crippen molar-refractivity contribution >= 4 is 5.96 Å². The first-order valence-corrected chi connectivity index (χ1v) is 9.66. The fraction of sp³-hybridized carbons (Fsp3) is 0.500. The van der Waals surface area contributed by atoms with E-state index in [1.807, 2.05) is 19.9 Å². The fourth-order valence-corrected chi connectivity index (χ4v) is 3.23. The van der Waals surface area contributed by atoms with Gasteiger partial charge >= 0.3 is 0 Å². The Bertz CT molecular complexity index is 769. The van der Waals surface area contributed by atoms with Crippen LogP contribution in [0.1, 0.15) is 30.0 Å². The van der Waals surface area contributed by atoms with Crippen LogP contribution < -0.4 is 5.32 Å². The zero-order valence-corrected chi connectivity index (χ0v) is 16.4. The zero-order valence-electron chi connectivity index (χ0n) is 16.4. The predicted molar refractivity (Wildman–Crippen MR) is 105 cm³/mol. The summed E-state index contributed by atoms with van der Waals surface area (Å²) in [5.41, 5.74) is 1.61. The molecule has 1 unspecified atom stereocenters. The van der Waals surface area contributed by atoms with Gasteiger partial charge in [-0.2, -0.15) is 0 Å². The lowest BCUT2D eigenvalue weighted by molar-refractivity contribution is 0.166. The minimum atomic E-state index is -0.758. The highest BCUT2D eigenvalue weighted by Gasteiger charge is 2.21. The van der Waals surface area contributed by atoms with Crippen molar-refractivity contribution in [1.82, 2.24) is 20.3 Å². The number of aliphatic hydroxyl groups excluding tert-OH is 1. The molecule has 0 spiro atoms. The predicted octanol–water partition coefficient (Wildman–Crippen LogP) is 1.94. The lowest BCUT2D eigenvalue weighted by Crippen LogP contribution is -2.52. The van der Waals surface area contributed by atoms with E-state index >= 15 is 0 Å². The van der Waals surface area contributed by atoms with Crippen LogP contribution in [0.25, 0.3) is 0 Å². The van der Waals surface area contributed by atoms with Crippen LogP contribution in [0.3, 0.4) is 0 Å². The minimum Gasteiger partial charge on any atom is -0.386 e. The molecular formula is C20H28FN5O2. The molecule has 28 heavy (non-hydrogen) atoms. The Balaban J connectivity index is 1.54. The van der Waals surface area contributed by atoms with E-state index < -0.39 is 6.10 Å². The topological polar surface area (TPSA) is 77.1 Å². The smallest absolute Gasteiger partial charge is 0.194 e. The molecule has 2 heterocycles. The third-order valence-electron chi connectivity index (χ3n) is 4.74. The van der Waals surface area contributed by atoms with E-state index in [9.17, 15) is 9.50 Å².